The molecule has 1 N–H and O–H groups in total. The number of rotatable bonds is 2. The summed E-state index contributed by atoms with van der Waals surface area (Å²) >= 11 is 0. The summed E-state index contributed by atoms with van der Waals surface area (Å²) in [6.45, 7) is 5.53. The van der Waals surface area contributed by atoms with Gasteiger partial charge in [-0.2, -0.15) is 0 Å². The second kappa shape index (κ2) is 4.77. The van der Waals surface area contributed by atoms with Crippen molar-refractivity contribution in [2.75, 3.05) is 13.2 Å². The van der Waals surface area contributed by atoms with Crippen LogP contribution in [0.25, 0.3) is 0 Å². The summed E-state index contributed by atoms with van der Waals surface area (Å²) in [5.74, 6) is 0.0693. The average Bonchev–Trinajstić information content (AvgIpc) is 2.27. The van der Waals surface area contributed by atoms with E-state index in [1.54, 1.807) is 0 Å². The van der Waals surface area contributed by atoms with Gasteiger partial charge in [0.1, 0.15) is 0 Å². The Hall–Kier alpha value is -0.900. The van der Waals surface area contributed by atoms with Crippen LogP contribution in [0.4, 0.5) is 0 Å². The van der Waals surface area contributed by atoms with Crippen LogP contribution in [0.1, 0.15) is 39.5 Å². The lowest BCUT2D eigenvalue weighted by atomic mass is 9.59. The molecule has 0 radical (unpaired) electrons. The van der Waals surface area contributed by atoms with Crippen LogP contribution in [0.15, 0.2) is 0 Å². The van der Waals surface area contributed by atoms with Crippen LogP contribution in [0.3, 0.4) is 0 Å². The van der Waals surface area contributed by atoms with Crippen molar-refractivity contribution in [2.45, 2.75) is 39.5 Å². The molecule has 2 heterocycles. The maximum Gasteiger partial charge on any atom is 0.230 e. The zero-order chi connectivity index (χ0) is 12.5. The third-order valence-electron chi connectivity index (χ3n) is 4.40. The van der Waals surface area contributed by atoms with Gasteiger partial charge < -0.3 is 4.74 Å². The molecule has 0 aromatic heterocycles. The number of nitrogens with one attached hydrogen (secondary N) is 1. The van der Waals surface area contributed by atoms with Crippen molar-refractivity contribution < 1.29 is 14.3 Å². The summed E-state index contributed by atoms with van der Waals surface area (Å²) < 4.78 is 5.46. The van der Waals surface area contributed by atoms with E-state index in [-0.39, 0.29) is 29.1 Å². The quantitative estimate of drug-likeness (QED) is 0.743. The van der Waals surface area contributed by atoms with E-state index < -0.39 is 0 Å². The predicted octanol–water partition coefficient (Wildman–Crippen LogP) is 1.49. The summed E-state index contributed by atoms with van der Waals surface area (Å²) in [5, 5.41) is 2.49. The largest absolute Gasteiger partial charge is 0.381 e. The van der Waals surface area contributed by atoms with E-state index in [0.717, 1.165) is 19.3 Å². The minimum atomic E-state index is -0.159. The molecular formula is C13H21NO3. The molecule has 0 aromatic carbocycles. The molecule has 2 saturated heterocycles. The second-order valence-electron chi connectivity index (χ2n) is 5.39. The molecular weight excluding hydrogens is 218 g/mol. The van der Waals surface area contributed by atoms with Crippen molar-refractivity contribution in [1.29, 1.82) is 0 Å². The Labute approximate surface area is 102 Å². The van der Waals surface area contributed by atoms with Crippen molar-refractivity contribution >= 4 is 11.8 Å². The number of piperidine rings is 1. The fraction of sp³-hybridized carbons (Fsp3) is 0.846. The third-order valence-corrected chi connectivity index (χ3v) is 4.40. The minimum absolute atomic E-state index is 0.0240. The summed E-state index contributed by atoms with van der Waals surface area (Å²) in [6, 6.07) is 0. The minimum Gasteiger partial charge on any atom is -0.381 e. The number of carbonyl (C=O) groups is 2. The molecule has 2 aliphatic rings. The van der Waals surface area contributed by atoms with Crippen LogP contribution >= 0.6 is 0 Å². The van der Waals surface area contributed by atoms with E-state index in [1.807, 2.05) is 0 Å². The van der Waals surface area contributed by atoms with Gasteiger partial charge in [0.15, 0.2) is 0 Å². The van der Waals surface area contributed by atoms with Crippen LogP contribution in [-0.2, 0) is 14.3 Å². The second-order valence-corrected chi connectivity index (χ2v) is 5.39. The molecule has 2 amide bonds. The van der Waals surface area contributed by atoms with Crippen LogP contribution in [-0.4, -0.2) is 25.0 Å². The van der Waals surface area contributed by atoms with Gasteiger partial charge in [-0.15, -0.1) is 0 Å². The molecule has 3 unspecified atom stereocenters. The SMILES string of the molecule is CCCC1C(=O)NC(=O)CC12CCOCC2C. The highest BCUT2D eigenvalue weighted by Crippen LogP contribution is 2.48. The van der Waals surface area contributed by atoms with Gasteiger partial charge in [-0.3, -0.25) is 14.9 Å². The zero-order valence-electron chi connectivity index (χ0n) is 10.6. The van der Waals surface area contributed by atoms with Crippen molar-refractivity contribution in [3.8, 4) is 0 Å². The number of ether oxygens (including phenoxy) is 1. The first-order chi connectivity index (χ1) is 8.10. The van der Waals surface area contributed by atoms with E-state index in [9.17, 15) is 9.59 Å². The van der Waals surface area contributed by atoms with Gasteiger partial charge >= 0.3 is 0 Å². The van der Waals surface area contributed by atoms with E-state index in [2.05, 4.69) is 19.2 Å². The van der Waals surface area contributed by atoms with Crippen LogP contribution in [0.5, 0.6) is 0 Å². The molecule has 1 spiro atoms. The third kappa shape index (κ3) is 2.10. The van der Waals surface area contributed by atoms with Gasteiger partial charge in [-0.1, -0.05) is 20.3 Å². The predicted molar refractivity (Wildman–Crippen MR) is 63.2 cm³/mol. The first-order valence-electron chi connectivity index (χ1n) is 6.51. The Morgan fingerprint density at radius 1 is 1.47 bits per heavy atom. The van der Waals surface area contributed by atoms with E-state index in [1.165, 1.54) is 0 Å². The van der Waals surface area contributed by atoms with Gasteiger partial charge in [0.05, 0.1) is 0 Å². The van der Waals surface area contributed by atoms with Gasteiger partial charge in [0, 0.05) is 25.6 Å². The van der Waals surface area contributed by atoms with Gasteiger partial charge in [-0.05, 0) is 24.2 Å². The molecule has 0 saturated carbocycles. The van der Waals surface area contributed by atoms with Crippen molar-refractivity contribution in [1.82, 2.24) is 5.32 Å². The number of imide groups is 1. The number of carbonyl (C=O) groups excluding carboxylic acids is 2. The maximum atomic E-state index is 12.0. The first kappa shape index (κ1) is 12.6. The van der Waals surface area contributed by atoms with Gasteiger partial charge in [0.2, 0.25) is 11.8 Å². The van der Waals surface area contributed by atoms with Crippen LogP contribution < -0.4 is 5.32 Å². The molecule has 4 nitrogen and oxygen atoms in total. The smallest absolute Gasteiger partial charge is 0.230 e. The lowest BCUT2D eigenvalue weighted by Crippen LogP contribution is -2.57. The monoisotopic (exact) mass is 239 g/mol. The number of hydrogen-bond donors (Lipinski definition) is 1. The molecule has 17 heavy (non-hydrogen) atoms. The Balaban J connectivity index is 2.30. The Kier molecular flexibility index (Phi) is 3.52. The van der Waals surface area contributed by atoms with Crippen LogP contribution in [0.2, 0.25) is 0 Å². The summed E-state index contributed by atoms with van der Waals surface area (Å²) in [6.07, 6.45) is 3.15. The number of hydrogen-bond acceptors (Lipinski definition) is 3. The Morgan fingerprint density at radius 3 is 2.88 bits per heavy atom. The summed E-state index contributed by atoms with van der Waals surface area (Å²) in [5.41, 5.74) is -0.159. The maximum absolute atomic E-state index is 12.0. The van der Waals surface area contributed by atoms with E-state index >= 15 is 0 Å². The van der Waals surface area contributed by atoms with E-state index in [4.69, 9.17) is 4.74 Å². The Bertz CT molecular complexity index is 329. The standard InChI is InChI=1S/C13H21NO3/c1-3-4-10-12(16)14-11(15)7-13(10)5-6-17-8-9(13)2/h9-10H,3-8H2,1-2H3,(H,14,15,16). The number of amides is 2. The average molecular weight is 239 g/mol. The highest BCUT2D eigenvalue weighted by atomic mass is 16.5. The molecule has 2 fully saturated rings. The topological polar surface area (TPSA) is 55.4 Å². The van der Waals surface area contributed by atoms with Crippen molar-refractivity contribution in [3.63, 3.8) is 0 Å². The molecule has 2 rings (SSSR count). The molecule has 0 aromatic rings. The Morgan fingerprint density at radius 2 is 2.24 bits per heavy atom. The lowest BCUT2D eigenvalue weighted by molar-refractivity contribution is -0.155. The molecule has 3 atom stereocenters. The molecule has 0 bridgehead atoms. The molecule has 96 valence electrons. The first-order valence-corrected chi connectivity index (χ1v) is 6.51. The van der Waals surface area contributed by atoms with Gasteiger partial charge in [-0.25, -0.2) is 0 Å². The lowest BCUT2D eigenvalue weighted by Gasteiger charge is -2.49. The molecule has 4 heteroatoms. The zero-order valence-corrected chi connectivity index (χ0v) is 10.6. The normalized spacial score (nSPS) is 38.2. The summed E-state index contributed by atoms with van der Waals surface area (Å²) in [7, 11) is 0. The fourth-order valence-electron chi connectivity index (χ4n) is 3.37. The van der Waals surface area contributed by atoms with Crippen molar-refractivity contribution in [3.05, 3.63) is 0 Å². The van der Waals surface area contributed by atoms with E-state index in [0.29, 0.717) is 19.6 Å². The fourth-order valence-corrected chi connectivity index (χ4v) is 3.37. The van der Waals surface area contributed by atoms with Crippen molar-refractivity contribution in [2.24, 2.45) is 17.3 Å². The van der Waals surface area contributed by atoms with Crippen LogP contribution in [0, 0.1) is 17.3 Å². The van der Waals surface area contributed by atoms with Gasteiger partial charge in [0.25, 0.3) is 0 Å². The molecule has 0 aliphatic carbocycles. The highest BCUT2D eigenvalue weighted by molar-refractivity contribution is 5.99. The molecule has 2 aliphatic heterocycles. The summed E-state index contributed by atoms with van der Waals surface area (Å²) in [4.78, 5) is 23.7. The highest BCUT2D eigenvalue weighted by Gasteiger charge is 2.52.